The molecule has 4 heteroatoms. The van der Waals surface area contributed by atoms with E-state index >= 15 is 0 Å². The van der Waals surface area contributed by atoms with Crippen molar-refractivity contribution in [1.82, 2.24) is 0 Å². The van der Waals surface area contributed by atoms with Gasteiger partial charge in [-0.2, -0.15) is 0 Å². The zero-order valence-electron chi connectivity index (χ0n) is 13.6. The van der Waals surface area contributed by atoms with E-state index in [9.17, 15) is 9.90 Å². The number of fused-ring (bicyclic) bond motifs is 1. The molecule has 0 saturated heterocycles. The number of ether oxygens (including phenoxy) is 1. The predicted octanol–water partition coefficient (Wildman–Crippen LogP) is 4.73. The topological polar surface area (TPSA) is 59.7 Å². The van der Waals surface area contributed by atoms with Crippen molar-refractivity contribution in [3.63, 3.8) is 0 Å². The van der Waals surface area contributed by atoms with Gasteiger partial charge in [0.15, 0.2) is 5.43 Å². The molecule has 0 aliphatic rings. The van der Waals surface area contributed by atoms with Crippen molar-refractivity contribution >= 4 is 11.0 Å². The molecule has 3 aromatic rings. The molecule has 124 valence electrons. The molecule has 24 heavy (non-hydrogen) atoms. The van der Waals surface area contributed by atoms with Crippen LogP contribution in [-0.4, -0.2) is 11.7 Å². The van der Waals surface area contributed by atoms with Gasteiger partial charge in [-0.1, -0.05) is 50.1 Å². The van der Waals surface area contributed by atoms with Crippen molar-refractivity contribution in [3.8, 4) is 22.8 Å². The average molecular weight is 324 g/mol. The van der Waals surface area contributed by atoms with Gasteiger partial charge in [0.2, 0.25) is 0 Å². The lowest BCUT2D eigenvalue weighted by Crippen LogP contribution is -2.02. The number of hydrogen-bond donors (Lipinski definition) is 1. The summed E-state index contributed by atoms with van der Waals surface area (Å²) >= 11 is 0. The largest absolute Gasteiger partial charge is 0.507 e. The zero-order valence-corrected chi connectivity index (χ0v) is 13.6. The molecular weight excluding hydrogens is 304 g/mol. The Labute approximate surface area is 140 Å². The molecule has 3 rings (SSSR count). The van der Waals surface area contributed by atoms with E-state index in [1.165, 1.54) is 12.1 Å². The summed E-state index contributed by atoms with van der Waals surface area (Å²) in [6.07, 6.45) is 3.15. The summed E-state index contributed by atoms with van der Waals surface area (Å²) in [5.41, 5.74) is 0.863. The molecule has 0 spiro atoms. The first-order valence-corrected chi connectivity index (χ1v) is 8.18. The Balaban J connectivity index is 2.00. The molecule has 4 nitrogen and oxygen atoms in total. The van der Waals surface area contributed by atoms with Gasteiger partial charge in [0.1, 0.15) is 28.2 Å². The molecule has 0 fully saturated rings. The fourth-order valence-corrected chi connectivity index (χ4v) is 2.61. The summed E-state index contributed by atoms with van der Waals surface area (Å²) in [7, 11) is 0. The number of phenols is 1. The van der Waals surface area contributed by atoms with E-state index in [0.717, 1.165) is 24.8 Å². The third-order valence-electron chi connectivity index (χ3n) is 3.86. The SMILES string of the molecule is CCCCCOc1cc(O)c2c(=O)cc(-c3ccccc3)oc2c1. The van der Waals surface area contributed by atoms with Crippen LogP contribution in [-0.2, 0) is 0 Å². The molecule has 0 aliphatic heterocycles. The first-order valence-electron chi connectivity index (χ1n) is 8.18. The number of aromatic hydroxyl groups is 1. The maximum atomic E-state index is 12.3. The summed E-state index contributed by atoms with van der Waals surface area (Å²) in [4.78, 5) is 12.3. The number of phenolic OH excluding ortho intramolecular Hbond substituents is 1. The smallest absolute Gasteiger partial charge is 0.197 e. The van der Waals surface area contributed by atoms with Crippen LogP contribution in [0.5, 0.6) is 11.5 Å². The van der Waals surface area contributed by atoms with Gasteiger partial charge in [0, 0.05) is 23.8 Å². The van der Waals surface area contributed by atoms with Gasteiger partial charge in [-0.05, 0) is 6.42 Å². The monoisotopic (exact) mass is 324 g/mol. The highest BCUT2D eigenvalue weighted by Crippen LogP contribution is 2.31. The van der Waals surface area contributed by atoms with E-state index < -0.39 is 0 Å². The quantitative estimate of drug-likeness (QED) is 0.666. The Kier molecular flexibility index (Phi) is 4.85. The highest BCUT2D eigenvalue weighted by molar-refractivity contribution is 5.86. The molecule has 0 radical (unpaired) electrons. The molecule has 1 aromatic heterocycles. The van der Waals surface area contributed by atoms with Crippen LogP contribution < -0.4 is 10.2 Å². The van der Waals surface area contributed by atoms with Crippen LogP contribution in [0.1, 0.15) is 26.2 Å². The van der Waals surface area contributed by atoms with Crippen molar-refractivity contribution in [3.05, 3.63) is 58.8 Å². The van der Waals surface area contributed by atoms with Gasteiger partial charge in [-0.15, -0.1) is 0 Å². The zero-order chi connectivity index (χ0) is 16.9. The average Bonchev–Trinajstić information content (AvgIpc) is 2.59. The van der Waals surface area contributed by atoms with Crippen LogP contribution in [0.2, 0.25) is 0 Å². The second-order valence-electron chi connectivity index (χ2n) is 5.71. The Morgan fingerprint density at radius 2 is 1.88 bits per heavy atom. The second-order valence-corrected chi connectivity index (χ2v) is 5.71. The van der Waals surface area contributed by atoms with E-state index in [1.807, 2.05) is 30.3 Å². The van der Waals surface area contributed by atoms with E-state index in [2.05, 4.69) is 6.92 Å². The summed E-state index contributed by atoms with van der Waals surface area (Å²) < 4.78 is 11.5. The maximum absolute atomic E-state index is 12.3. The minimum absolute atomic E-state index is 0.119. The highest BCUT2D eigenvalue weighted by Gasteiger charge is 2.12. The normalized spacial score (nSPS) is 10.9. The lowest BCUT2D eigenvalue weighted by atomic mass is 10.1. The lowest BCUT2D eigenvalue weighted by molar-refractivity contribution is 0.304. The minimum atomic E-state index is -0.273. The van der Waals surface area contributed by atoms with Crippen LogP contribution in [0.25, 0.3) is 22.3 Å². The molecule has 0 amide bonds. The van der Waals surface area contributed by atoms with E-state index in [0.29, 0.717) is 23.7 Å². The molecule has 2 aromatic carbocycles. The first kappa shape index (κ1) is 16.1. The summed E-state index contributed by atoms with van der Waals surface area (Å²) in [5.74, 6) is 0.853. The molecule has 1 heterocycles. The van der Waals surface area contributed by atoms with Gasteiger partial charge < -0.3 is 14.3 Å². The van der Waals surface area contributed by atoms with Gasteiger partial charge in [-0.3, -0.25) is 4.79 Å². The van der Waals surface area contributed by atoms with Crippen molar-refractivity contribution < 1.29 is 14.3 Å². The van der Waals surface area contributed by atoms with E-state index in [4.69, 9.17) is 9.15 Å². The Bertz CT molecular complexity index is 881. The molecule has 0 bridgehead atoms. The van der Waals surface area contributed by atoms with Crippen LogP contribution in [0.3, 0.4) is 0 Å². The standard InChI is InChI=1S/C20H20O4/c1-2-3-7-10-23-15-11-16(21)20-17(22)13-18(24-19(20)12-15)14-8-5-4-6-9-14/h4-6,8-9,11-13,21H,2-3,7,10H2,1H3. The molecule has 0 unspecified atom stereocenters. The summed E-state index contributed by atoms with van der Waals surface area (Å²) in [6.45, 7) is 2.70. The molecule has 1 N–H and O–H groups in total. The highest BCUT2D eigenvalue weighted by atomic mass is 16.5. The van der Waals surface area contributed by atoms with Crippen molar-refractivity contribution in [1.29, 1.82) is 0 Å². The second kappa shape index (κ2) is 7.21. The van der Waals surface area contributed by atoms with Crippen LogP contribution in [0.4, 0.5) is 0 Å². The van der Waals surface area contributed by atoms with Gasteiger partial charge in [-0.25, -0.2) is 0 Å². The Morgan fingerprint density at radius 3 is 2.62 bits per heavy atom. The van der Waals surface area contributed by atoms with Gasteiger partial charge in [0.25, 0.3) is 0 Å². The van der Waals surface area contributed by atoms with Crippen LogP contribution in [0, 0.1) is 0 Å². The number of benzene rings is 2. The Morgan fingerprint density at radius 1 is 1.08 bits per heavy atom. The lowest BCUT2D eigenvalue weighted by Gasteiger charge is -2.09. The van der Waals surface area contributed by atoms with Crippen LogP contribution >= 0.6 is 0 Å². The fraction of sp³-hybridized carbons (Fsp3) is 0.250. The minimum Gasteiger partial charge on any atom is -0.507 e. The third kappa shape index (κ3) is 3.43. The maximum Gasteiger partial charge on any atom is 0.197 e. The Hall–Kier alpha value is -2.75. The van der Waals surface area contributed by atoms with E-state index in [-0.39, 0.29) is 16.6 Å². The molecule has 0 aliphatic carbocycles. The van der Waals surface area contributed by atoms with Crippen molar-refractivity contribution in [2.45, 2.75) is 26.2 Å². The van der Waals surface area contributed by atoms with E-state index in [1.54, 1.807) is 6.07 Å². The summed E-state index contributed by atoms with van der Waals surface area (Å²) in [5, 5.41) is 10.3. The summed E-state index contributed by atoms with van der Waals surface area (Å²) in [6, 6.07) is 13.9. The number of hydrogen-bond acceptors (Lipinski definition) is 4. The fourth-order valence-electron chi connectivity index (χ4n) is 2.61. The first-order chi connectivity index (χ1) is 11.7. The van der Waals surface area contributed by atoms with Gasteiger partial charge >= 0.3 is 0 Å². The molecule has 0 atom stereocenters. The third-order valence-corrected chi connectivity index (χ3v) is 3.86. The van der Waals surface area contributed by atoms with Crippen molar-refractivity contribution in [2.75, 3.05) is 6.61 Å². The number of rotatable bonds is 6. The number of unbranched alkanes of at least 4 members (excludes halogenated alkanes) is 2. The predicted molar refractivity (Wildman–Crippen MR) is 94.6 cm³/mol. The van der Waals surface area contributed by atoms with Gasteiger partial charge in [0.05, 0.1) is 6.61 Å². The molecular formula is C20H20O4. The van der Waals surface area contributed by atoms with Crippen molar-refractivity contribution in [2.24, 2.45) is 0 Å². The van der Waals surface area contributed by atoms with Crippen LogP contribution in [0.15, 0.2) is 57.7 Å². The molecule has 0 saturated carbocycles.